The van der Waals surface area contributed by atoms with E-state index >= 15 is 0 Å². The lowest BCUT2D eigenvalue weighted by Crippen LogP contribution is -2.30. The van der Waals surface area contributed by atoms with E-state index < -0.39 is 0 Å². The van der Waals surface area contributed by atoms with E-state index in [4.69, 9.17) is 0 Å². The molecule has 1 aliphatic rings. The van der Waals surface area contributed by atoms with Gasteiger partial charge in [-0.25, -0.2) is 0 Å². The Balaban J connectivity index is 1.32. The van der Waals surface area contributed by atoms with Crippen molar-refractivity contribution >= 4 is 11.6 Å². The van der Waals surface area contributed by atoms with Crippen LogP contribution >= 0.6 is 0 Å². The maximum absolute atomic E-state index is 13.2. The van der Waals surface area contributed by atoms with Crippen molar-refractivity contribution < 1.29 is 4.79 Å². The van der Waals surface area contributed by atoms with E-state index in [1.54, 1.807) is 0 Å². The van der Waals surface area contributed by atoms with Crippen molar-refractivity contribution in [3.63, 3.8) is 0 Å². The van der Waals surface area contributed by atoms with Gasteiger partial charge in [0.2, 0.25) is 0 Å². The van der Waals surface area contributed by atoms with Crippen molar-refractivity contribution in [2.45, 2.75) is 32.4 Å². The van der Waals surface area contributed by atoms with Gasteiger partial charge in [0.15, 0.2) is 0 Å². The summed E-state index contributed by atoms with van der Waals surface area (Å²) in [5.74, 6) is -0.0655. The largest absolute Gasteiger partial charge is 0.367 e. The zero-order valence-corrected chi connectivity index (χ0v) is 19.6. The van der Waals surface area contributed by atoms with Crippen LogP contribution in [0.15, 0.2) is 103 Å². The van der Waals surface area contributed by atoms with Gasteiger partial charge >= 0.3 is 0 Å². The van der Waals surface area contributed by atoms with Gasteiger partial charge in [-0.2, -0.15) is 0 Å². The van der Waals surface area contributed by atoms with E-state index in [9.17, 15) is 4.79 Å². The van der Waals surface area contributed by atoms with Crippen LogP contribution in [0.3, 0.4) is 0 Å². The summed E-state index contributed by atoms with van der Waals surface area (Å²) in [6.07, 6.45) is 2.33. The molecule has 0 bridgehead atoms. The Morgan fingerprint density at radius 3 is 2.26 bits per heavy atom. The SMILES string of the molecule is Cc1ccc([C@H](NC(=O)c2ccc(CN3CCCc4ccccc43)cc2)c2ccccc2)cc1. The fourth-order valence-corrected chi connectivity index (χ4v) is 4.74. The van der Waals surface area contributed by atoms with Crippen LogP contribution < -0.4 is 10.2 Å². The Bertz CT molecular complexity index is 1250. The number of aryl methyl sites for hydroxylation is 2. The van der Waals surface area contributed by atoms with Crippen LogP contribution in [-0.2, 0) is 13.0 Å². The van der Waals surface area contributed by atoms with Crippen LogP contribution in [0.5, 0.6) is 0 Å². The molecule has 0 saturated carbocycles. The average molecular weight is 447 g/mol. The van der Waals surface area contributed by atoms with Gasteiger partial charge in [0.05, 0.1) is 6.04 Å². The molecule has 0 unspecified atom stereocenters. The van der Waals surface area contributed by atoms with E-state index in [1.807, 2.05) is 30.3 Å². The number of benzene rings is 4. The number of amides is 1. The Morgan fingerprint density at radius 2 is 1.50 bits per heavy atom. The molecule has 1 amide bonds. The fraction of sp³-hybridized carbons (Fsp3) is 0.194. The maximum atomic E-state index is 13.2. The molecular formula is C31H30N2O. The Hall–Kier alpha value is -3.85. The lowest BCUT2D eigenvalue weighted by Gasteiger charge is -2.31. The number of hydrogen-bond donors (Lipinski definition) is 1. The first kappa shape index (κ1) is 22.0. The van der Waals surface area contributed by atoms with E-state index in [2.05, 4.69) is 89.9 Å². The summed E-state index contributed by atoms with van der Waals surface area (Å²) in [7, 11) is 0. The summed E-state index contributed by atoms with van der Waals surface area (Å²) in [5, 5.41) is 3.25. The molecule has 0 aromatic heterocycles. The normalized spacial score (nSPS) is 13.7. The van der Waals surface area contributed by atoms with Gasteiger partial charge < -0.3 is 10.2 Å². The number of carbonyl (C=O) groups is 1. The summed E-state index contributed by atoms with van der Waals surface area (Å²) >= 11 is 0. The average Bonchev–Trinajstić information content (AvgIpc) is 2.89. The molecule has 1 N–H and O–H groups in total. The number of para-hydroxylation sites is 1. The maximum Gasteiger partial charge on any atom is 0.252 e. The monoisotopic (exact) mass is 446 g/mol. The van der Waals surface area contributed by atoms with E-state index in [-0.39, 0.29) is 11.9 Å². The highest BCUT2D eigenvalue weighted by atomic mass is 16.1. The smallest absolute Gasteiger partial charge is 0.252 e. The summed E-state index contributed by atoms with van der Waals surface area (Å²) in [4.78, 5) is 15.7. The van der Waals surface area contributed by atoms with Crippen LogP contribution in [0.1, 0.15) is 50.6 Å². The van der Waals surface area contributed by atoms with Crippen LogP contribution in [0, 0.1) is 6.92 Å². The molecule has 4 aromatic carbocycles. The van der Waals surface area contributed by atoms with Gasteiger partial charge in [0, 0.05) is 24.3 Å². The zero-order chi connectivity index (χ0) is 23.3. The van der Waals surface area contributed by atoms with Gasteiger partial charge in [-0.3, -0.25) is 4.79 Å². The van der Waals surface area contributed by atoms with Crippen molar-refractivity contribution in [3.05, 3.63) is 137 Å². The van der Waals surface area contributed by atoms with E-state index in [1.165, 1.54) is 28.8 Å². The Kier molecular flexibility index (Phi) is 6.44. The minimum Gasteiger partial charge on any atom is -0.367 e. The first-order valence-electron chi connectivity index (χ1n) is 12.0. The molecule has 0 spiro atoms. The minimum atomic E-state index is -0.196. The molecule has 3 nitrogen and oxygen atoms in total. The van der Waals surface area contributed by atoms with E-state index in [0.29, 0.717) is 5.56 Å². The van der Waals surface area contributed by atoms with Crippen LogP contribution in [-0.4, -0.2) is 12.5 Å². The number of nitrogens with zero attached hydrogens (tertiary/aromatic N) is 1. The summed E-state index contributed by atoms with van der Waals surface area (Å²) < 4.78 is 0. The van der Waals surface area contributed by atoms with Crippen molar-refractivity contribution in [3.8, 4) is 0 Å². The molecule has 4 aromatic rings. The molecule has 0 aliphatic carbocycles. The van der Waals surface area contributed by atoms with Gasteiger partial charge in [0.1, 0.15) is 0 Å². The van der Waals surface area contributed by atoms with Crippen LogP contribution in [0.4, 0.5) is 5.69 Å². The first-order chi connectivity index (χ1) is 16.7. The lowest BCUT2D eigenvalue weighted by atomic mass is 9.97. The number of nitrogens with one attached hydrogen (secondary N) is 1. The van der Waals surface area contributed by atoms with Crippen molar-refractivity contribution in [1.82, 2.24) is 5.32 Å². The number of rotatable bonds is 6. The second kappa shape index (κ2) is 9.96. The molecule has 0 radical (unpaired) electrons. The van der Waals surface area contributed by atoms with Crippen molar-refractivity contribution in [2.24, 2.45) is 0 Å². The number of carbonyl (C=O) groups excluding carboxylic acids is 1. The Labute approximate surface area is 202 Å². The highest BCUT2D eigenvalue weighted by molar-refractivity contribution is 5.94. The topological polar surface area (TPSA) is 32.3 Å². The molecule has 3 heteroatoms. The quantitative estimate of drug-likeness (QED) is 0.368. The van der Waals surface area contributed by atoms with Crippen molar-refractivity contribution in [2.75, 3.05) is 11.4 Å². The van der Waals surface area contributed by atoms with Crippen molar-refractivity contribution in [1.29, 1.82) is 0 Å². The molecule has 34 heavy (non-hydrogen) atoms. The van der Waals surface area contributed by atoms with E-state index in [0.717, 1.165) is 30.6 Å². The minimum absolute atomic E-state index is 0.0655. The molecule has 1 aliphatic heterocycles. The molecule has 0 fully saturated rings. The summed E-state index contributed by atoms with van der Waals surface area (Å²) in [6, 6.07) is 35.0. The standard InChI is InChI=1S/C31H30N2O/c1-23-13-17-27(18-14-23)30(26-9-3-2-4-10-26)32-31(34)28-19-15-24(16-20-28)22-33-21-7-11-25-8-5-6-12-29(25)33/h2-6,8-10,12-20,30H,7,11,21-22H2,1H3,(H,32,34)/t30-/m1/s1. The summed E-state index contributed by atoms with van der Waals surface area (Å²) in [5.41, 5.74) is 7.99. The number of hydrogen-bond acceptors (Lipinski definition) is 2. The third kappa shape index (κ3) is 4.89. The molecule has 1 heterocycles. The number of anilines is 1. The summed E-state index contributed by atoms with van der Waals surface area (Å²) in [6.45, 7) is 3.99. The fourth-order valence-electron chi connectivity index (χ4n) is 4.74. The Morgan fingerprint density at radius 1 is 0.824 bits per heavy atom. The number of fused-ring (bicyclic) bond motifs is 1. The van der Waals surface area contributed by atoms with Gasteiger partial charge in [-0.1, -0.05) is 90.5 Å². The highest BCUT2D eigenvalue weighted by Gasteiger charge is 2.19. The second-order valence-corrected chi connectivity index (χ2v) is 9.08. The predicted octanol–water partition coefficient (Wildman–Crippen LogP) is 6.47. The molecular weight excluding hydrogens is 416 g/mol. The van der Waals surface area contributed by atoms with Gasteiger partial charge in [-0.05, 0) is 60.2 Å². The third-order valence-electron chi connectivity index (χ3n) is 6.62. The molecule has 5 rings (SSSR count). The second-order valence-electron chi connectivity index (χ2n) is 9.08. The first-order valence-corrected chi connectivity index (χ1v) is 12.0. The predicted molar refractivity (Wildman–Crippen MR) is 139 cm³/mol. The molecule has 1 atom stereocenters. The zero-order valence-electron chi connectivity index (χ0n) is 19.6. The van der Waals surface area contributed by atoms with Gasteiger partial charge in [0.25, 0.3) is 5.91 Å². The van der Waals surface area contributed by atoms with Gasteiger partial charge in [-0.15, -0.1) is 0 Å². The molecule has 0 saturated heterocycles. The highest BCUT2D eigenvalue weighted by Crippen LogP contribution is 2.28. The van der Waals surface area contributed by atoms with Crippen LogP contribution in [0.2, 0.25) is 0 Å². The van der Waals surface area contributed by atoms with Crippen LogP contribution in [0.25, 0.3) is 0 Å². The molecule has 170 valence electrons. The lowest BCUT2D eigenvalue weighted by molar-refractivity contribution is 0.0943. The third-order valence-corrected chi connectivity index (χ3v) is 6.62.